The lowest BCUT2D eigenvalue weighted by Gasteiger charge is -2.24. The minimum atomic E-state index is -4.88. The summed E-state index contributed by atoms with van der Waals surface area (Å²) in [7, 11) is -4.88. The number of benzene rings is 3. The van der Waals surface area contributed by atoms with Gasteiger partial charge in [-0.25, -0.2) is 4.57 Å². The van der Waals surface area contributed by atoms with E-state index < -0.39 is 37.6 Å². The van der Waals surface area contributed by atoms with E-state index in [1.54, 1.807) is 0 Å². The van der Waals surface area contributed by atoms with E-state index in [9.17, 15) is 22.5 Å². The number of alkyl halides is 3. The second kappa shape index (κ2) is 10.9. The first kappa shape index (κ1) is 27.6. The molecule has 11 heteroatoms. The first-order chi connectivity index (χ1) is 16.7. The third kappa shape index (κ3) is 7.74. The summed E-state index contributed by atoms with van der Waals surface area (Å²) in [5.74, 6) is -0.963. The molecular weight excluding hydrogens is 496 g/mol. The van der Waals surface area contributed by atoms with Crippen LogP contribution in [0.5, 0.6) is 0 Å². The zero-order chi connectivity index (χ0) is 26.6. The van der Waals surface area contributed by atoms with Gasteiger partial charge in [-0.05, 0) is 54.2 Å². The van der Waals surface area contributed by atoms with Gasteiger partial charge in [0, 0.05) is 5.69 Å². The Morgan fingerprint density at radius 3 is 2.17 bits per heavy atom. The van der Waals surface area contributed by atoms with E-state index in [0.717, 1.165) is 29.7 Å². The highest BCUT2D eigenvalue weighted by Gasteiger charge is 2.35. The summed E-state index contributed by atoms with van der Waals surface area (Å²) in [6.07, 6.45) is -4.16. The van der Waals surface area contributed by atoms with Gasteiger partial charge in [-0.2, -0.15) is 13.2 Å². The van der Waals surface area contributed by atoms with Crippen LogP contribution in [0.1, 0.15) is 23.6 Å². The highest BCUT2D eigenvalue weighted by Crippen LogP contribution is 2.37. The molecule has 3 aromatic rings. The first-order valence-electron chi connectivity index (χ1n) is 10.9. The van der Waals surface area contributed by atoms with Gasteiger partial charge in [0.15, 0.2) is 0 Å². The average molecular weight is 522 g/mol. The molecule has 0 aromatic heterocycles. The van der Waals surface area contributed by atoms with E-state index in [-0.39, 0.29) is 17.7 Å². The molecule has 192 valence electrons. The van der Waals surface area contributed by atoms with Crippen LogP contribution >= 0.6 is 7.82 Å². The Balaban J connectivity index is 1.72. The molecule has 0 aliphatic carbocycles. The van der Waals surface area contributed by atoms with Crippen LogP contribution in [0, 0.1) is 0 Å². The predicted molar refractivity (Wildman–Crippen MR) is 130 cm³/mol. The van der Waals surface area contributed by atoms with Crippen molar-refractivity contribution in [2.75, 3.05) is 11.9 Å². The van der Waals surface area contributed by atoms with Gasteiger partial charge >= 0.3 is 14.0 Å². The maximum Gasteiger partial charge on any atom is 0.469 e. The fraction of sp³-hybridized carbons (Fsp3) is 0.240. The molecule has 0 heterocycles. The summed E-state index contributed by atoms with van der Waals surface area (Å²) in [4.78, 5) is 30.0. The van der Waals surface area contributed by atoms with Gasteiger partial charge in [-0.1, -0.05) is 60.7 Å². The van der Waals surface area contributed by atoms with Crippen LogP contribution in [0.15, 0.2) is 72.8 Å². The number of carbonyl (C=O) groups excluding carboxylic acids is 1. The molecule has 0 aliphatic heterocycles. The minimum absolute atomic E-state index is 0.0629. The van der Waals surface area contributed by atoms with Gasteiger partial charge in [-0.15, -0.1) is 0 Å². The molecule has 3 rings (SSSR count). The van der Waals surface area contributed by atoms with Crippen molar-refractivity contribution in [3.63, 3.8) is 0 Å². The topological polar surface area (TPSA) is 122 Å². The number of hydrogen-bond donors (Lipinski definition) is 4. The highest BCUT2D eigenvalue weighted by molar-refractivity contribution is 7.46. The summed E-state index contributed by atoms with van der Waals surface area (Å²) in [6, 6.07) is 20.8. The number of aryl methyl sites for hydroxylation is 2. The van der Waals surface area contributed by atoms with Gasteiger partial charge in [-0.3, -0.25) is 9.32 Å². The smallest absolute Gasteiger partial charge is 0.324 e. The van der Waals surface area contributed by atoms with Crippen LogP contribution in [0.25, 0.3) is 11.1 Å². The second-order valence-corrected chi connectivity index (χ2v) is 9.81. The van der Waals surface area contributed by atoms with Crippen LogP contribution in [-0.4, -0.2) is 27.8 Å². The molecule has 0 fully saturated rings. The van der Waals surface area contributed by atoms with Crippen molar-refractivity contribution >= 4 is 19.4 Å². The Kier molecular flexibility index (Phi) is 8.38. The third-order valence-corrected chi connectivity index (χ3v) is 5.93. The zero-order valence-electron chi connectivity index (χ0n) is 19.3. The molecule has 0 bridgehead atoms. The molecule has 5 N–H and O–H groups in total. The molecule has 36 heavy (non-hydrogen) atoms. The first-order valence-corrected chi connectivity index (χ1v) is 12.4. The summed E-state index contributed by atoms with van der Waals surface area (Å²) in [6.45, 7) is 0.302. The van der Waals surface area contributed by atoms with Crippen LogP contribution in [0.2, 0.25) is 0 Å². The fourth-order valence-corrected chi connectivity index (χ4v) is 3.90. The number of halogens is 3. The van der Waals surface area contributed by atoms with Gasteiger partial charge in [0.2, 0.25) is 5.91 Å². The number of carbonyl (C=O) groups is 1. The van der Waals surface area contributed by atoms with E-state index >= 15 is 0 Å². The summed E-state index contributed by atoms with van der Waals surface area (Å²) >= 11 is 0. The predicted octanol–water partition coefficient (Wildman–Crippen LogP) is 4.92. The lowest BCUT2D eigenvalue weighted by molar-refractivity contribution is -0.138. The van der Waals surface area contributed by atoms with Crippen molar-refractivity contribution in [3.8, 4) is 11.1 Å². The molecule has 0 spiro atoms. The molecule has 0 radical (unpaired) electrons. The normalized spacial score (nSPS) is 13.8. The van der Waals surface area contributed by atoms with E-state index in [2.05, 4.69) is 9.84 Å². The lowest BCUT2D eigenvalue weighted by Crippen LogP contribution is -2.52. The van der Waals surface area contributed by atoms with Crippen LogP contribution in [0.4, 0.5) is 18.9 Å². The quantitative estimate of drug-likeness (QED) is 0.296. The summed E-state index contributed by atoms with van der Waals surface area (Å²) in [5.41, 5.74) is 5.77. The Morgan fingerprint density at radius 2 is 1.58 bits per heavy atom. The zero-order valence-corrected chi connectivity index (χ0v) is 20.2. The Morgan fingerprint density at radius 1 is 0.972 bits per heavy atom. The SMILES string of the molecule is C[C@](N)(COP(=O)(O)O)C(=O)Nc1ccc(CCc2ccc(-c3ccccc3)cc2)c(C(F)(F)F)c1. The van der Waals surface area contributed by atoms with Crippen LogP contribution < -0.4 is 11.1 Å². The molecule has 0 saturated carbocycles. The third-order valence-electron chi connectivity index (χ3n) is 5.47. The van der Waals surface area contributed by atoms with E-state index in [1.807, 2.05) is 54.6 Å². The Labute approximate surface area is 206 Å². The molecule has 1 amide bonds. The number of rotatable bonds is 9. The second-order valence-electron chi connectivity index (χ2n) is 8.57. The number of nitrogens with one attached hydrogen (secondary N) is 1. The number of anilines is 1. The van der Waals surface area contributed by atoms with Crippen molar-refractivity contribution in [1.29, 1.82) is 0 Å². The number of amides is 1. The Bertz CT molecular complexity index is 1240. The van der Waals surface area contributed by atoms with Crippen molar-refractivity contribution < 1.29 is 36.8 Å². The molecule has 3 aromatic carbocycles. The average Bonchev–Trinajstić information content (AvgIpc) is 2.82. The molecule has 0 saturated heterocycles. The molecule has 0 aliphatic rings. The van der Waals surface area contributed by atoms with Crippen molar-refractivity contribution in [1.82, 2.24) is 0 Å². The van der Waals surface area contributed by atoms with Crippen molar-refractivity contribution in [2.45, 2.75) is 31.5 Å². The minimum Gasteiger partial charge on any atom is -0.324 e. The summed E-state index contributed by atoms with van der Waals surface area (Å²) in [5, 5.41) is 2.26. The maximum absolute atomic E-state index is 13.8. The largest absolute Gasteiger partial charge is 0.469 e. The monoisotopic (exact) mass is 522 g/mol. The van der Waals surface area contributed by atoms with Gasteiger partial charge in [0.05, 0.1) is 12.2 Å². The number of hydrogen-bond acceptors (Lipinski definition) is 4. The molecule has 1 atom stereocenters. The highest BCUT2D eigenvalue weighted by atomic mass is 31.2. The number of nitrogens with two attached hydrogens (primary N) is 1. The maximum atomic E-state index is 13.8. The van der Waals surface area contributed by atoms with E-state index in [1.165, 1.54) is 12.1 Å². The van der Waals surface area contributed by atoms with Crippen LogP contribution in [-0.2, 0) is 32.9 Å². The van der Waals surface area contributed by atoms with Crippen molar-refractivity contribution in [3.05, 3.63) is 89.5 Å². The van der Waals surface area contributed by atoms with Crippen molar-refractivity contribution in [2.24, 2.45) is 5.73 Å². The van der Waals surface area contributed by atoms with Gasteiger partial charge < -0.3 is 20.8 Å². The van der Waals surface area contributed by atoms with E-state index in [4.69, 9.17) is 15.5 Å². The Hall–Kier alpha value is -3.01. The van der Waals surface area contributed by atoms with Crippen LogP contribution in [0.3, 0.4) is 0 Å². The van der Waals surface area contributed by atoms with Gasteiger partial charge in [0.1, 0.15) is 5.54 Å². The number of phosphoric acid groups is 1. The fourth-order valence-electron chi connectivity index (χ4n) is 3.47. The molecule has 0 unspecified atom stereocenters. The standard InChI is InChI=1S/C25H26F3N2O5P/c1-24(29,16-35-36(32,33)34)23(31)30-21-14-13-20(22(15-21)25(26,27)28)12-9-17-7-10-19(11-8-17)18-5-3-2-4-6-18/h2-8,10-11,13-15H,9,12,16,29H2,1H3,(H,30,31)(H2,32,33,34)/t24-/m0/s1. The lowest BCUT2D eigenvalue weighted by atomic mass is 9.97. The summed E-state index contributed by atoms with van der Waals surface area (Å²) < 4.78 is 56.4. The molecule has 7 nitrogen and oxygen atoms in total. The molecular formula is C25H26F3N2O5P. The van der Waals surface area contributed by atoms with E-state index in [0.29, 0.717) is 6.42 Å². The van der Waals surface area contributed by atoms with Gasteiger partial charge in [0.25, 0.3) is 0 Å². The number of phosphoric ester groups is 1.